The summed E-state index contributed by atoms with van der Waals surface area (Å²) in [5.41, 5.74) is 1.52. The van der Waals surface area contributed by atoms with Gasteiger partial charge in [0, 0.05) is 6.54 Å². The van der Waals surface area contributed by atoms with Crippen LogP contribution in [0.3, 0.4) is 0 Å². The molecule has 1 aliphatic rings. The predicted molar refractivity (Wildman–Crippen MR) is 79.7 cm³/mol. The molecule has 2 heterocycles. The highest BCUT2D eigenvalue weighted by molar-refractivity contribution is 5.87. The second-order valence-corrected chi connectivity index (χ2v) is 5.74. The number of nitrogens with zero attached hydrogens (tertiary/aromatic N) is 3. The van der Waals surface area contributed by atoms with Crippen LogP contribution in [0.4, 0.5) is 0 Å². The third-order valence-corrected chi connectivity index (χ3v) is 4.06. The van der Waals surface area contributed by atoms with E-state index in [1.54, 1.807) is 12.1 Å². The molecule has 1 saturated heterocycles. The van der Waals surface area contributed by atoms with E-state index in [4.69, 9.17) is 9.63 Å². The molecular formula is C16H19N3O3. The number of likely N-dealkylation sites (tertiary alicyclic amines) is 1. The Bertz CT molecular complexity index is 651. The quantitative estimate of drug-likeness (QED) is 0.934. The zero-order valence-corrected chi connectivity index (χ0v) is 12.5. The van der Waals surface area contributed by atoms with Crippen molar-refractivity contribution in [1.82, 2.24) is 15.0 Å². The van der Waals surface area contributed by atoms with E-state index < -0.39 is 5.97 Å². The highest BCUT2D eigenvalue weighted by Gasteiger charge is 2.23. The number of aryl methyl sites for hydroxylation is 1. The molecule has 1 atom stereocenters. The highest BCUT2D eigenvalue weighted by atomic mass is 16.5. The minimum Gasteiger partial charge on any atom is -0.478 e. The number of benzene rings is 1. The van der Waals surface area contributed by atoms with Crippen molar-refractivity contribution < 1.29 is 14.4 Å². The Balaban J connectivity index is 1.66. The Morgan fingerprint density at radius 3 is 2.82 bits per heavy atom. The summed E-state index contributed by atoms with van der Waals surface area (Å²) in [5.74, 6) is 0.844. The van der Waals surface area contributed by atoms with Crippen LogP contribution < -0.4 is 0 Å². The smallest absolute Gasteiger partial charge is 0.335 e. The molecule has 1 aromatic heterocycles. The van der Waals surface area contributed by atoms with Crippen LogP contribution in [0.5, 0.6) is 0 Å². The Morgan fingerprint density at radius 2 is 2.18 bits per heavy atom. The van der Waals surface area contributed by atoms with Crippen LogP contribution >= 0.6 is 0 Å². The summed E-state index contributed by atoms with van der Waals surface area (Å²) in [6.45, 7) is 4.43. The van der Waals surface area contributed by atoms with Crippen molar-refractivity contribution in [2.24, 2.45) is 0 Å². The summed E-state index contributed by atoms with van der Waals surface area (Å²) in [6, 6.07) is 7.21. The topological polar surface area (TPSA) is 79.5 Å². The number of rotatable bonds is 4. The molecule has 1 N–H and O–H groups in total. The van der Waals surface area contributed by atoms with E-state index in [1.807, 2.05) is 19.1 Å². The lowest BCUT2D eigenvalue weighted by atomic mass is 9.90. The number of carboxylic acid groups (broad SMARTS) is 1. The van der Waals surface area contributed by atoms with Gasteiger partial charge in [-0.15, -0.1) is 0 Å². The average Bonchev–Trinajstić information content (AvgIpc) is 2.93. The van der Waals surface area contributed by atoms with Crippen LogP contribution in [-0.4, -0.2) is 39.2 Å². The molecule has 2 aromatic rings. The number of hydrogen-bond acceptors (Lipinski definition) is 5. The maximum absolute atomic E-state index is 10.9. The SMILES string of the molecule is Cc1noc(CN2CCC[C@@H](c3ccc(C(=O)O)cc3)C2)n1. The minimum absolute atomic E-state index is 0.331. The van der Waals surface area contributed by atoms with Gasteiger partial charge in [-0.2, -0.15) is 4.98 Å². The van der Waals surface area contributed by atoms with Gasteiger partial charge in [0.15, 0.2) is 5.82 Å². The molecule has 3 rings (SSSR count). The molecule has 0 spiro atoms. The Kier molecular flexibility index (Phi) is 4.20. The Morgan fingerprint density at radius 1 is 1.41 bits per heavy atom. The molecular weight excluding hydrogens is 282 g/mol. The highest BCUT2D eigenvalue weighted by Crippen LogP contribution is 2.27. The van der Waals surface area contributed by atoms with Crippen LogP contribution in [0.25, 0.3) is 0 Å². The number of aromatic nitrogens is 2. The van der Waals surface area contributed by atoms with Crippen molar-refractivity contribution in [2.75, 3.05) is 13.1 Å². The maximum Gasteiger partial charge on any atom is 0.335 e. The van der Waals surface area contributed by atoms with Crippen molar-refractivity contribution in [1.29, 1.82) is 0 Å². The van der Waals surface area contributed by atoms with Crippen LogP contribution in [-0.2, 0) is 6.54 Å². The molecule has 1 aromatic carbocycles. The summed E-state index contributed by atoms with van der Waals surface area (Å²) < 4.78 is 5.18. The molecule has 6 nitrogen and oxygen atoms in total. The standard InChI is InChI=1S/C16H19N3O3/c1-11-17-15(22-18-11)10-19-8-2-3-14(9-19)12-4-6-13(7-5-12)16(20)21/h4-7,14H,2-3,8-10H2,1H3,(H,20,21)/t14-/m1/s1. The normalized spacial score (nSPS) is 19.2. The summed E-state index contributed by atoms with van der Waals surface area (Å²) in [5, 5.41) is 12.8. The first-order chi connectivity index (χ1) is 10.6. The van der Waals surface area contributed by atoms with Crippen molar-refractivity contribution in [3.8, 4) is 0 Å². The largest absolute Gasteiger partial charge is 0.478 e. The zero-order valence-electron chi connectivity index (χ0n) is 12.5. The van der Waals surface area contributed by atoms with Crippen molar-refractivity contribution in [3.63, 3.8) is 0 Å². The fourth-order valence-electron chi connectivity index (χ4n) is 2.96. The number of carboxylic acids is 1. The lowest BCUT2D eigenvalue weighted by Crippen LogP contribution is -2.34. The summed E-state index contributed by atoms with van der Waals surface area (Å²) in [4.78, 5) is 17.5. The number of aromatic carboxylic acids is 1. The van der Waals surface area contributed by atoms with Gasteiger partial charge in [-0.25, -0.2) is 4.79 Å². The fraction of sp³-hybridized carbons (Fsp3) is 0.438. The first kappa shape index (κ1) is 14.7. The second kappa shape index (κ2) is 6.27. The van der Waals surface area contributed by atoms with Crippen molar-refractivity contribution >= 4 is 5.97 Å². The number of piperidine rings is 1. The van der Waals surface area contributed by atoms with Gasteiger partial charge < -0.3 is 9.63 Å². The Hall–Kier alpha value is -2.21. The minimum atomic E-state index is -0.886. The molecule has 1 fully saturated rings. The predicted octanol–water partition coefficient (Wildman–Crippen LogP) is 2.46. The van der Waals surface area contributed by atoms with Gasteiger partial charge >= 0.3 is 5.97 Å². The van der Waals surface area contributed by atoms with Crippen molar-refractivity contribution in [2.45, 2.75) is 32.2 Å². The lowest BCUT2D eigenvalue weighted by Gasteiger charge is -2.32. The van der Waals surface area contributed by atoms with E-state index in [9.17, 15) is 4.79 Å². The van der Waals surface area contributed by atoms with Crippen LogP contribution in [0, 0.1) is 6.92 Å². The van der Waals surface area contributed by atoms with E-state index in [0.29, 0.717) is 29.7 Å². The van der Waals surface area contributed by atoms with E-state index >= 15 is 0 Å². The molecule has 1 aliphatic heterocycles. The molecule has 116 valence electrons. The number of hydrogen-bond donors (Lipinski definition) is 1. The van der Waals surface area contributed by atoms with Gasteiger partial charge in [-0.1, -0.05) is 17.3 Å². The third kappa shape index (κ3) is 3.33. The Labute approximate surface area is 128 Å². The summed E-state index contributed by atoms with van der Waals surface area (Å²) in [7, 11) is 0. The zero-order chi connectivity index (χ0) is 15.5. The molecule has 0 bridgehead atoms. The van der Waals surface area contributed by atoms with Gasteiger partial charge in [0.1, 0.15) is 0 Å². The fourth-order valence-corrected chi connectivity index (χ4v) is 2.96. The van der Waals surface area contributed by atoms with E-state index in [1.165, 1.54) is 5.56 Å². The van der Waals surface area contributed by atoms with Crippen LogP contribution in [0.1, 0.15) is 46.4 Å². The van der Waals surface area contributed by atoms with Crippen LogP contribution in [0.2, 0.25) is 0 Å². The van der Waals surface area contributed by atoms with Gasteiger partial charge in [0.25, 0.3) is 0 Å². The van der Waals surface area contributed by atoms with Crippen molar-refractivity contribution in [3.05, 3.63) is 47.1 Å². The van der Waals surface area contributed by atoms with Gasteiger partial charge in [-0.05, 0) is 49.9 Å². The molecule has 0 radical (unpaired) electrons. The first-order valence-corrected chi connectivity index (χ1v) is 7.46. The molecule has 0 aliphatic carbocycles. The van der Waals surface area contributed by atoms with Gasteiger partial charge in [-0.3, -0.25) is 4.90 Å². The molecule has 22 heavy (non-hydrogen) atoms. The van der Waals surface area contributed by atoms with E-state index in [-0.39, 0.29) is 0 Å². The third-order valence-electron chi connectivity index (χ3n) is 4.06. The summed E-state index contributed by atoms with van der Waals surface area (Å²) in [6.07, 6.45) is 2.23. The average molecular weight is 301 g/mol. The van der Waals surface area contributed by atoms with Gasteiger partial charge in [0.05, 0.1) is 12.1 Å². The maximum atomic E-state index is 10.9. The second-order valence-electron chi connectivity index (χ2n) is 5.74. The van der Waals surface area contributed by atoms with E-state index in [2.05, 4.69) is 15.0 Å². The molecule has 0 saturated carbocycles. The molecule has 6 heteroatoms. The first-order valence-electron chi connectivity index (χ1n) is 7.46. The number of carbonyl (C=O) groups is 1. The van der Waals surface area contributed by atoms with E-state index in [0.717, 1.165) is 25.9 Å². The molecule has 0 unspecified atom stereocenters. The van der Waals surface area contributed by atoms with Crippen LogP contribution in [0.15, 0.2) is 28.8 Å². The monoisotopic (exact) mass is 301 g/mol. The molecule has 0 amide bonds. The lowest BCUT2D eigenvalue weighted by molar-refractivity contribution is 0.0697. The van der Waals surface area contributed by atoms with Gasteiger partial charge in [0.2, 0.25) is 5.89 Å². The summed E-state index contributed by atoms with van der Waals surface area (Å²) >= 11 is 0.